The Bertz CT molecular complexity index is 923. The highest BCUT2D eigenvalue weighted by molar-refractivity contribution is 6.37. The van der Waals surface area contributed by atoms with Crippen LogP contribution in [0.5, 0.6) is 0 Å². The van der Waals surface area contributed by atoms with Crippen LogP contribution in [0.3, 0.4) is 0 Å². The van der Waals surface area contributed by atoms with E-state index in [1.54, 1.807) is 0 Å². The fourth-order valence-electron chi connectivity index (χ4n) is 2.69. The molecule has 0 saturated carbocycles. The van der Waals surface area contributed by atoms with E-state index in [1.807, 2.05) is 0 Å². The zero-order chi connectivity index (χ0) is 26.0. The maximum Gasteiger partial charge on any atom is 0.342 e. The van der Waals surface area contributed by atoms with Gasteiger partial charge in [0.05, 0.1) is 26.4 Å². The smallest absolute Gasteiger partial charge is 0.342 e. The predicted molar refractivity (Wildman–Crippen MR) is 111 cm³/mol. The summed E-state index contributed by atoms with van der Waals surface area (Å²) in [6, 6.07) is 4.65. The highest BCUT2D eigenvalue weighted by Crippen LogP contribution is 2.28. The number of ketones is 3. The van der Waals surface area contributed by atoms with E-state index in [1.165, 1.54) is 12.1 Å². The van der Waals surface area contributed by atoms with Crippen molar-refractivity contribution >= 4 is 28.9 Å². The van der Waals surface area contributed by atoms with E-state index in [0.717, 1.165) is 12.1 Å². The molecule has 34 heavy (non-hydrogen) atoms. The molecular weight excluding hydrogens is 460 g/mol. The number of hydrogen-bond donors (Lipinski definition) is 8. The summed E-state index contributed by atoms with van der Waals surface area (Å²) in [5, 5.41) is 75.4. The van der Waals surface area contributed by atoms with Gasteiger partial charge < -0.3 is 45.6 Å². The second-order valence-electron chi connectivity index (χ2n) is 6.92. The lowest BCUT2D eigenvalue weighted by Gasteiger charge is -2.20. The lowest BCUT2D eigenvalue weighted by atomic mass is 9.86. The molecule has 1 aromatic rings. The first-order valence-electron chi connectivity index (χ1n) is 9.84. The monoisotopic (exact) mass is 486 g/mol. The molecule has 0 radical (unpaired) electrons. The Labute approximate surface area is 192 Å². The zero-order valence-corrected chi connectivity index (χ0v) is 17.8. The predicted octanol–water partition coefficient (Wildman–Crippen LogP) is -4.28. The minimum atomic E-state index is -2.26. The molecule has 0 spiro atoms. The molecule has 0 aliphatic rings. The van der Waals surface area contributed by atoms with E-state index < -0.39 is 103 Å². The zero-order valence-electron chi connectivity index (χ0n) is 17.8. The molecule has 0 heterocycles. The molecular formula is C21H26O13. The number of aliphatic hydroxyl groups excluding tert-OH is 8. The number of ether oxygens (including phenoxy) is 1. The van der Waals surface area contributed by atoms with Crippen LogP contribution < -0.4 is 0 Å². The first-order valence-corrected chi connectivity index (χ1v) is 9.84. The first kappa shape index (κ1) is 29.2. The van der Waals surface area contributed by atoms with Crippen LogP contribution >= 0.6 is 0 Å². The van der Waals surface area contributed by atoms with E-state index in [2.05, 4.69) is 0 Å². The molecule has 13 heteroatoms. The van der Waals surface area contributed by atoms with Crippen molar-refractivity contribution < 1.29 is 64.8 Å². The van der Waals surface area contributed by atoms with Crippen LogP contribution in [0, 0.1) is 0 Å². The maximum absolute atomic E-state index is 13.0. The van der Waals surface area contributed by atoms with Crippen LogP contribution in [0.4, 0.5) is 0 Å². The minimum absolute atomic E-state index is 0.482. The van der Waals surface area contributed by atoms with Crippen molar-refractivity contribution in [2.45, 2.75) is 24.4 Å². The molecule has 188 valence electrons. The van der Waals surface area contributed by atoms with Crippen molar-refractivity contribution in [3.63, 3.8) is 0 Å². The lowest BCUT2D eigenvalue weighted by Crippen LogP contribution is -2.35. The van der Waals surface area contributed by atoms with Crippen molar-refractivity contribution in [2.75, 3.05) is 33.0 Å². The molecule has 0 aliphatic carbocycles. The molecule has 0 fully saturated rings. The van der Waals surface area contributed by atoms with Gasteiger partial charge in [-0.1, -0.05) is 24.3 Å². The molecule has 0 saturated heterocycles. The van der Waals surface area contributed by atoms with Crippen molar-refractivity contribution in [1.82, 2.24) is 0 Å². The van der Waals surface area contributed by atoms with Crippen LogP contribution in [0.25, 0.3) is 5.57 Å². The van der Waals surface area contributed by atoms with Crippen molar-refractivity contribution in [3.05, 3.63) is 41.0 Å². The van der Waals surface area contributed by atoms with Crippen molar-refractivity contribution in [3.8, 4) is 0 Å². The fourth-order valence-corrected chi connectivity index (χ4v) is 2.69. The van der Waals surface area contributed by atoms with Gasteiger partial charge in [0.2, 0.25) is 5.78 Å². The van der Waals surface area contributed by atoms with Gasteiger partial charge in [-0.05, 0) is 5.56 Å². The quantitative estimate of drug-likeness (QED) is 0.0409. The Morgan fingerprint density at radius 3 is 1.71 bits per heavy atom. The topological polar surface area (TPSA) is 239 Å². The van der Waals surface area contributed by atoms with Gasteiger partial charge in [0, 0.05) is 11.1 Å². The van der Waals surface area contributed by atoms with E-state index in [4.69, 9.17) is 14.9 Å². The summed E-state index contributed by atoms with van der Waals surface area (Å²) in [4.78, 5) is 51.1. The normalized spacial score (nSPS) is 15.5. The minimum Gasteiger partial charge on any atom is -0.459 e. The molecule has 0 amide bonds. The molecule has 8 N–H and O–H groups in total. The second kappa shape index (κ2) is 13.7. The molecule has 4 unspecified atom stereocenters. The Kier molecular flexibility index (Phi) is 11.8. The Morgan fingerprint density at radius 2 is 1.21 bits per heavy atom. The van der Waals surface area contributed by atoms with Crippen LogP contribution in [-0.4, -0.2) is 122 Å². The average molecular weight is 486 g/mol. The number of benzene rings is 1. The van der Waals surface area contributed by atoms with Crippen LogP contribution in [0.1, 0.15) is 15.9 Å². The van der Waals surface area contributed by atoms with Gasteiger partial charge in [0.1, 0.15) is 36.6 Å². The molecule has 1 aromatic carbocycles. The standard InChI is InChI=1S/C21H26O13/c22-5-10(26)9-34-21(33)17(20(32)15(29)8-25)16(19(31)14(28)7-24)11-3-1-2-4-12(11)18(30)13(27)6-23/h1-4,10,13-15,22-29H,5-9H2. The lowest BCUT2D eigenvalue weighted by molar-refractivity contribution is -0.145. The van der Waals surface area contributed by atoms with Crippen molar-refractivity contribution in [1.29, 1.82) is 0 Å². The SMILES string of the molecule is O=C(OCC(O)CO)C(C(=O)C(O)CO)=C(C(=O)C(O)CO)c1ccccc1C(=O)C(O)CO. The average Bonchev–Trinajstić information content (AvgIpc) is 2.87. The molecule has 4 atom stereocenters. The molecule has 1 rings (SSSR count). The molecule has 0 aromatic heterocycles. The van der Waals surface area contributed by atoms with Gasteiger partial charge in [-0.15, -0.1) is 0 Å². The van der Waals surface area contributed by atoms with Gasteiger partial charge in [0.15, 0.2) is 11.6 Å². The maximum atomic E-state index is 13.0. The summed E-state index contributed by atoms with van der Waals surface area (Å²) in [5.74, 6) is -5.80. The van der Waals surface area contributed by atoms with Gasteiger partial charge in [0.25, 0.3) is 0 Å². The Morgan fingerprint density at radius 1 is 0.706 bits per heavy atom. The highest BCUT2D eigenvalue weighted by Gasteiger charge is 2.36. The first-order chi connectivity index (χ1) is 16.0. The van der Waals surface area contributed by atoms with Gasteiger partial charge >= 0.3 is 5.97 Å². The van der Waals surface area contributed by atoms with E-state index in [9.17, 15) is 49.8 Å². The number of hydrogen-bond acceptors (Lipinski definition) is 13. The number of carbonyl (C=O) groups excluding carboxylic acids is 4. The fraction of sp³-hybridized carbons (Fsp3) is 0.429. The number of rotatable bonds is 14. The van der Waals surface area contributed by atoms with E-state index in [0.29, 0.717) is 0 Å². The number of Topliss-reactive ketones (excluding diaryl/α,β-unsaturated/α-hetero) is 3. The van der Waals surface area contributed by atoms with Crippen LogP contribution in [0.15, 0.2) is 29.8 Å². The third-order valence-electron chi connectivity index (χ3n) is 4.45. The highest BCUT2D eigenvalue weighted by atomic mass is 16.5. The summed E-state index contributed by atoms with van der Waals surface area (Å²) in [5.41, 5.74) is -3.24. The van der Waals surface area contributed by atoms with Gasteiger partial charge in [-0.25, -0.2) is 4.79 Å². The summed E-state index contributed by atoms with van der Waals surface area (Å²) in [6.07, 6.45) is -8.02. The number of aliphatic hydroxyl groups is 8. The molecule has 13 nitrogen and oxygen atoms in total. The van der Waals surface area contributed by atoms with E-state index >= 15 is 0 Å². The summed E-state index contributed by atoms with van der Waals surface area (Å²) in [6.45, 7) is -5.11. The van der Waals surface area contributed by atoms with E-state index in [-0.39, 0.29) is 0 Å². The van der Waals surface area contributed by atoms with Gasteiger partial charge in [-0.2, -0.15) is 0 Å². The number of carbonyl (C=O) groups is 4. The van der Waals surface area contributed by atoms with Gasteiger partial charge in [-0.3, -0.25) is 14.4 Å². The Balaban J connectivity index is 3.97. The number of esters is 1. The van der Waals surface area contributed by atoms with Crippen LogP contribution in [-0.2, 0) is 19.1 Å². The summed E-state index contributed by atoms with van der Waals surface area (Å²) in [7, 11) is 0. The summed E-state index contributed by atoms with van der Waals surface area (Å²) >= 11 is 0. The third-order valence-corrected chi connectivity index (χ3v) is 4.45. The summed E-state index contributed by atoms with van der Waals surface area (Å²) < 4.78 is 4.72. The van der Waals surface area contributed by atoms with Crippen molar-refractivity contribution in [2.24, 2.45) is 0 Å². The van der Waals surface area contributed by atoms with Crippen LogP contribution in [0.2, 0.25) is 0 Å². The second-order valence-corrected chi connectivity index (χ2v) is 6.92. The largest absolute Gasteiger partial charge is 0.459 e. The molecule has 0 bridgehead atoms. The Hall–Kier alpha value is -2.88. The third kappa shape index (κ3) is 7.06. The molecule has 0 aliphatic heterocycles.